The number of carbonyl (C=O) groups excluding carboxylic acids is 1. The van der Waals surface area contributed by atoms with Crippen LogP contribution in [0.25, 0.3) is 11.0 Å². The molecular weight excluding hydrogens is 408 g/mol. The first-order chi connectivity index (χ1) is 14.0. The number of nitrogens with zero attached hydrogens (tertiary/aromatic N) is 2. The first kappa shape index (κ1) is 20.1. The number of benzene rings is 1. The van der Waals surface area contributed by atoms with Crippen LogP contribution in [0.3, 0.4) is 0 Å². The van der Waals surface area contributed by atoms with Crippen LogP contribution in [0, 0.1) is 0 Å². The smallest absolute Gasteiger partial charge is 0.252 e. The SMILES string of the molecule is O=C(Cc1ccc(S(=O)(=O)N2CCCCC2)s1)NCCc1nc2ccccc2[nH]1. The van der Waals surface area contributed by atoms with E-state index in [9.17, 15) is 13.2 Å². The molecule has 1 fully saturated rings. The van der Waals surface area contributed by atoms with E-state index in [2.05, 4.69) is 15.3 Å². The molecule has 0 aliphatic carbocycles. The van der Waals surface area contributed by atoms with Crippen LogP contribution in [0.1, 0.15) is 30.0 Å². The number of amides is 1. The van der Waals surface area contributed by atoms with Crippen molar-refractivity contribution in [2.24, 2.45) is 0 Å². The average molecular weight is 433 g/mol. The molecule has 154 valence electrons. The number of carbonyl (C=O) groups is 1. The van der Waals surface area contributed by atoms with Crippen LogP contribution in [0.5, 0.6) is 0 Å². The quantitative estimate of drug-likeness (QED) is 0.600. The maximum atomic E-state index is 12.7. The third-order valence-corrected chi connectivity index (χ3v) is 8.45. The summed E-state index contributed by atoms with van der Waals surface area (Å²) in [5.41, 5.74) is 1.89. The van der Waals surface area contributed by atoms with Crippen molar-refractivity contribution >= 4 is 38.3 Å². The molecule has 0 unspecified atom stereocenters. The Kier molecular flexibility index (Phi) is 5.98. The van der Waals surface area contributed by atoms with Gasteiger partial charge in [0.15, 0.2) is 0 Å². The summed E-state index contributed by atoms with van der Waals surface area (Å²) in [7, 11) is -3.44. The number of imidazole rings is 1. The largest absolute Gasteiger partial charge is 0.355 e. The van der Waals surface area contributed by atoms with Gasteiger partial charge in [-0.25, -0.2) is 13.4 Å². The van der Waals surface area contributed by atoms with Gasteiger partial charge in [-0.1, -0.05) is 18.6 Å². The van der Waals surface area contributed by atoms with Gasteiger partial charge in [-0.2, -0.15) is 4.31 Å². The lowest BCUT2D eigenvalue weighted by atomic mass is 10.2. The fourth-order valence-electron chi connectivity index (χ4n) is 3.49. The Morgan fingerprint density at radius 1 is 1.14 bits per heavy atom. The second kappa shape index (κ2) is 8.64. The Labute approximate surface area is 174 Å². The molecule has 1 aliphatic heterocycles. The van der Waals surface area contributed by atoms with Gasteiger partial charge < -0.3 is 10.3 Å². The Hall–Kier alpha value is -2.23. The fourth-order valence-corrected chi connectivity index (χ4v) is 6.52. The van der Waals surface area contributed by atoms with Gasteiger partial charge in [0, 0.05) is 30.9 Å². The average Bonchev–Trinajstić information content (AvgIpc) is 3.35. The molecule has 2 N–H and O–H groups in total. The van der Waals surface area contributed by atoms with E-state index in [0.717, 1.165) is 41.0 Å². The van der Waals surface area contributed by atoms with Crippen molar-refractivity contribution in [1.82, 2.24) is 19.6 Å². The number of piperidine rings is 1. The first-order valence-electron chi connectivity index (χ1n) is 9.81. The molecule has 2 aromatic heterocycles. The van der Waals surface area contributed by atoms with Gasteiger partial charge in [0.2, 0.25) is 5.91 Å². The molecule has 1 aromatic carbocycles. The summed E-state index contributed by atoms with van der Waals surface area (Å²) >= 11 is 1.19. The molecular formula is C20H24N4O3S2. The summed E-state index contributed by atoms with van der Waals surface area (Å²) in [5.74, 6) is 0.711. The zero-order valence-corrected chi connectivity index (χ0v) is 17.7. The topological polar surface area (TPSA) is 95.2 Å². The Bertz CT molecular complexity index is 1060. The lowest BCUT2D eigenvalue weighted by molar-refractivity contribution is -0.120. The molecule has 1 saturated heterocycles. The van der Waals surface area contributed by atoms with Crippen molar-refractivity contribution in [1.29, 1.82) is 0 Å². The highest BCUT2D eigenvalue weighted by atomic mass is 32.2. The van der Waals surface area contributed by atoms with Gasteiger partial charge in [0.05, 0.1) is 17.5 Å². The summed E-state index contributed by atoms with van der Waals surface area (Å²) in [5, 5.41) is 2.88. The number of thiophene rings is 1. The van der Waals surface area contributed by atoms with E-state index in [1.807, 2.05) is 24.3 Å². The predicted molar refractivity (Wildman–Crippen MR) is 113 cm³/mol. The highest BCUT2D eigenvalue weighted by molar-refractivity contribution is 7.91. The van der Waals surface area contributed by atoms with E-state index >= 15 is 0 Å². The number of aromatic amines is 1. The van der Waals surface area contributed by atoms with Crippen molar-refractivity contribution in [3.63, 3.8) is 0 Å². The fraction of sp³-hybridized carbons (Fsp3) is 0.400. The highest BCUT2D eigenvalue weighted by Gasteiger charge is 2.27. The van der Waals surface area contributed by atoms with Crippen LogP contribution in [-0.2, 0) is 27.7 Å². The lowest BCUT2D eigenvalue weighted by Crippen LogP contribution is -2.35. The summed E-state index contributed by atoms with van der Waals surface area (Å²) < 4.78 is 27.3. The van der Waals surface area contributed by atoms with Crippen molar-refractivity contribution in [2.75, 3.05) is 19.6 Å². The van der Waals surface area contributed by atoms with Crippen LogP contribution in [0.4, 0.5) is 0 Å². The van der Waals surface area contributed by atoms with E-state index in [0.29, 0.717) is 30.3 Å². The zero-order valence-electron chi connectivity index (χ0n) is 16.1. The Morgan fingerprint density at radius 3 is 2.72 bits per heavy atom. The normalized spacial score (nSPS) is 15.6. The Balaban J connectivity index is 1.29. The van der Waals surface area contributed by atoms with Crippen LogP contribution in [0.2, 0.25) is 0 Å². The van der Waals surface area contributed by atoms with Gasteiger partial charge in [-0.3, -0.25) is 4.79 Å². The third-order valence-electron chi connectivity index (χ3n) is 5.00. The number of hydrogen-bond acceptors (Lipinski definition) is 5. The van der Waals surface area contributed by atoms with Gasteiger partial charge >= 0.3 is 0 Å². The summed E-state index contributed by atoms with van der Waals surface area (Å²) in [6, 6.07) is 11.2. The van der Waals surface area contributed by atoms with Crippen LogP contribution in [0.15, 0.2) is 40.6 Å². The van der Waals surface area contributed by atoms with Crippen molar-refractivity contribution in [3.8, 4) is 0 Å². The number of nitrogens with one attached hydrogen (secondary N) is 2. The zero-order chi connectivity index (χ0) is 20.3. The Morgan fingerprint density at radius 2 is 1.93 bits per heavy atom. The summed E-state index contributed by atoms with van der Waals surface area (Å²) in [4.78, 5) is 20.7. The monoisotopic (exact) mass is 432 g/mol. The number of para-hydroxylation sites is 2. The van der Waals surface area contributed by atoms with E-state index in [1.165, 1.54) is 11.3 Å². The number of sulfonamides is 1. The van der Waals surface area contributed by atoms with Crippen LogP contribution >= 0.6 is 11.3 Å². The molecule has 1 aliphatic rings. The van der Waals surface area contributed by atoms with Crippen molar-refractivity contribution in [3.05, 3.63) is 47.1 Å². The van der Waals surface area contributed by atoms with Crippen LogP contribution < -0.4 is 5.32 Å². The number of hydrogen-bond donors (Lipinski definition) is 2. The molecule has 9 heteroatoms. The molecule has 3 aromatic rings. The minimum absolute atomic E-state index is 0.120. The number of H-pyrrole nitrogens is 1. The molecule has 1 amide bonds. The maximum Gasteiger partial charge on any atom is 0.252 e. The molecule has 29 heavy (non-hydrogen) atoms. The van der Waals surface area contributed by atoms with Gasteiger partial charge in [-0.05, 0) is 37.1 Å². The molecule has 0 spiro atoms. The third kappa shape index (κ3) is 4.68. The minimum Gasteiger partial charge on any atom is -0.355 e. The molecule has 4 rings (SSSR count). The summed E-state index contributed by atoms with van der Waals surface area (Å²) in [6.07, 6.45) is 3.69. The number of rotatable bonds is 7. The molecule has 3 heterocycles. The van der Waals surface area contributed by atoms with E-state index < -0.39 is 10.0 Å². The molecule has 7 nitrogen and oxygen atoms in total. The highest BCUT2D eigenvalue weighted by Crippen LogP contribution is 2.27. The molecule has 0 saturated carbocycles. The molecule has 0 radical (unpaired) electrons. The second-order valence-electron chi connectivity index (χ2n) is 7.16. The minimum atomic E-state index is -3.44. The number of fused-ring (bicyclic) bond motifs is 1. The van der Waals surface area contributed by atoms with Gasteiger partial charge in [0.1, 0.15) is 10.0 Å². The lowest BCUT2D eigenvalue weighted by Gasteiger charge is -2.25. The maximum absolute atomic E-state index is 12.7. The first-order valence-corrected chi connectivity index (χ1v) is 12.1. The molecule has 0 atom stereocenters. The molecule has 0 bridgehead atoms. The van der Waals surface area contributed by atoms with Crippen molar-refractivity contribution < 1.29 is 13.2 Å². The predicted octanol–water partition coefficient (Wildman–Crippen LogP) is 2.70. The van der Waals surface area contributed by atoms with E-state index in [4.69, 9.17) is 0 Å². The van der Waals surface area contributed by atoms with Crippen molar-refractivity contribution in [2.45, 2.75) is 36.3 Å². The van der Waals surface area contributed by atoms with Gasteiger partial charge in [-0.15, -0.1) is 11.3 Å². The second-order valence-corrected chi connectivity index (χ2v) is 10.5. The van der Waals surface area contributed by atoms with Gasteiger partial charge in [0.25, 0.3) is 10.0 Å². The standard InChI is InChI=1S/C20H24N4O3S2/c25-19(21-11-10-18-22-16-6-2-3-7-17(16)23-18)14-15-8-9-20(28-15)29(26,27)24-12-4-1-5-13-24/h2-3,6-9H,1,4-5,10-14H2,(H,21,25)(H,22,23). The number of aromatic nitrogens is 2. The van der Waals surface area contributed by atoms with E-state index in [-0.39, 0.29) is 12.3 Å². The van der Waals surface area contributed by atoms with Crippen LogP contribution in [-0.4, -0.2) is 48.2 Å². The summed E-state index contributed by atoms with van der Waals surface area (Å²) in [6.45, 7) is 1.64. The van der Waals surface area contributed by atoms with E-state index in [1.54, 1.807) is 16.4 Å².